The van der Waals surface area contributed by atoms with Crippen LogP contribution in [0.5, 0.6) is 5.88 Å². The second kappa shape index (κ2) is 7.62. The van der Waals surface area contributed by atoms with Gasteiger partial charge in [-0.1, -0.05) is 5.16 Å². The lowest BCUT2D eigenvalue weighted by molar-refractivity contribution is 0.0901. The minimum Gasteiger partial charge on any atom is -0.476 e. The summed E-state index contributed by atoms with van der Waals surface area (Å²) in [6.07, 6.45) is 2.68. The number of aromatic nitrogens is 3. The summed E-state index contributed by atoms with van der Waals surface area (Å²) >= 11 is 0. The number of anilines is 1. The molecule has 1 saturated heterocycles. The van der Waals surface area contributed by atoms with Gasteiger partial charge in [0.25, 0.3) is 5.91 Å². The Bertz CT molecular complexity index is 893. The molecule has 9 heteroatoms. The average Bonchev–Trinajstić information content (AvgIpc) is 3.24. The van der Waals surface area contributed by atoms with Crippen LogP contribution in [-0.2, 0) is 5.54 Å². The fourth-order valence-corrected chi connectivity index (χ4v) is 3.31. The largest absolute Gasteiger partial charge is 0.476 e. The Balaban J connectivity index is 1.54. The standard InChI is InChI=1S/C20H27N5O4/c1-12-21-19(24-29-12)20(2,3)23-17(27)15-6-7-16(25-9-8-14(26)10-25)18(22-15)28-11-13-4-5-13/h6-7,13-14,26H,4-5,8-11H2,1-3H3,(H,23,27)/t14-/m0/s1. The SMILES string of the molecule is Cc1nc(C(C)(C)NC(=O)c2ccc(N3CC[C@H](O)C3)c(OCC3CC3)n2)no1. The van der Waals surface area contributed by atoms with Gasteiger partial charge in [-0.15, -0.1) is 0 Å². The van der Waals surface area contributed by atoms with Gasteiger partial charge in [-0.3, -0.25) is 4.79 Å². The van der Waals surface area contributed by atoms with Gasteiger partial charge in [-0.2, -0.15) is 4.98 Å². The van der Waals surface area contributed by atoms with E-state index in [1.165, 1.54) is 0 Å². The molecule has 1 aliphatic carbocycles. The van der Waals surface area contributed by atoms with E-state index in [1.54, 1.807) is 26.8 Å². The van der Waals surface area contributed by atoms with Gasteiger partial charge >= 0.3 is 0 Å². The second-order valence-electron chi connectivity index (χ2n) is 8.38. The summed E-state index contributed by atoms with van der Waals surface area (Å²) in [7, 11) is 0. The van der Waals surface area contributed by atoms with Crippen LogP contribution in [0.2, 0.25) is 0 Å². The molecule has 3 heterocycles. The Hall–Kier alpha value is -2.68. The lowest BCUT2D eigenvalue weighted by Crippen LogP contribution is -2.42. The summed E-state index contributed by atoms with van der Waals surface area (Å²) in [5.41, 5.74) is 0.253. The number of β-amino-alcohol motifs (C(OH)–C–C–N with tert-alkyl or cyclic N) is 1. The van der Waals surface area contributed by atoms with E-state index in [4.69, 9.17) is 9.26 Å². The van der Waals surface area contributed by atoms with Crippen LogP contribution >= 0.6 is 0 Å². The van der Waals surface area contributed by atoms with Crippen molar-refractivity contribution in [3.63, 3.8) is 0 Å². The van der Waals surface area contributed by atoms with Crippen molar-refractivity contribution < 1.29 is 19.2 Å². The van der Waals surface area contributed by atoms with Crippen molar-refractivity contribution in [3.05, 3.63) is 29.5 Å². The molecule has 2 N–H and O–H groups in total. The van der Waals surface area contributed by atoms with E-state index in [0.717, 1.165) is 25.1 Å². The molecule has 1 atom stereocenters. The predicted octanol–water partition coefficient (Wildman–Crippen LogP) is 1.80. The van der Waals surface area contributed by atoms with E-state index in [0.29, 0.717) is 43.1 Å². The van der Waals surface area contributed by atoms with Crippen LogP contribution in [0.25, 0.3) is 0 Å². The maximum atomic E-state index is 12.9. The summed E-state index contributed by atoms with van der Waals surface area (Å²) in [6, 6.07) is 3.52. The first-order chi connectivity index (χ1) is 13.8. The summed E-state index contributed by atoms with van der Waals surface area (Å²) < 4.78 is 11.0. The summed E-state index contributed by atoms with van der Waals surface area (Å²) in [5.74, 6) is 1.49. The highest BCUT2D eigenvalue weighted by molar-refractivity contribution is 5.93. The molecule has 2 aromatic rings. The zero-order valence-electron chi connectivity index (χ0n) is 17.0. The van der Waals surface area contributed by atoms with Crippen molar-refractivity contribution in [2.24, 2.45) is 5.92 Å². The number of carbonyl (C=O) groups excluding carboxylic acids is 1. The van der Waals surface area contributed by atoms with E-state index in [2.05, 4.69) is 20.4 Å². The Morgan fingerprint density at radius 3 is 2.76 bits per heavy atom. The molecule has 156 valence electrons. The number of rotatable bonds is 7. The summed E-state index contributed by atoms with van der Waals surface area (Å²) in [5, 5.41) is 16.7. The van der Waals surface area contributed by atoms with E-state index >= 15 is 0 Å². The molecule has 2 fully saturated rings. The van der Waals surface area contributed by atoms with Crippen LogP contribution < -0.4 is 15.0 Å². The van der Waals surface area contributed by atoms with Crippen LogP contribution in [0, 0.1) is 12.8 Å². The van der Waals surface area contributed by atoms with Crippen molar-refractivity contribution >= 4 is 11.6 Å². The fourth-order valence-electron chi connectivity index (χ4n) is 3.31. The number of hydrogen-bond acceptors (Lipinski definition) is 8. The molecular formula is C20H27N5O4. The molecule has 2 aliphatic rings. The monoisotopic (exact) mass is 401 g/mol. The highest BCUT2D eigenvalue weighted by atomic mass is 16.5. The predicted molar refractivity (Wildman–Crippen MR) is 105 cm³/mol. The van der Waals surface area contributed by atoms with Crippen LogP contribution in [0.3, 0.4) is 0 Å². The number of pyridine rings is 1. The molecule has 1 amide bonds. The van der Waals surface area contributed by atoms with E-state index in [1.807, 2.05) is 11.0 Å². The highest BCUT2D eigenvalue weighted by Gasteiger charge is 2.31. The number of aliphatic hydroxyl groups is 1. The van der Waals surface area contributed by atoms with Gasteiger partial charge in [0.05, 0.1) is 18.2 Å². The number of nitrogens with one attached hydrogen (secondary N) is 1. The first-order valence-electron chi connectivity index (χ1n) is 10.0. The number of aryl methyl sites for hydroxylation is 1. The first kappa shape index (κ1) is 19.6. The van der Waals surface area contributed by atoms with Crippen molar-refractivity contribution in [2.75, 3.05) is 24.6 Å². The Kier molecular flexibility index (Phi) is 5.16. The lowest BCUT2D eigenvalue weighted by Gasteiger charge is -2.23. The summed E-state index contributed by atoms with van der Waals surface area (Å²) in [4.78, 5) is 23.6. The molecule has 2 aromatic heterocycles. The molecule has 0 unspecified atom stereocenters. The van der Waals surface area contributed by atoms with Crippen molar-refractivity contribution in [1.29, 1.82) is 0 Å². The number of nitrogens with zero attached hydrogens (tertiary/aromatic N) is 4. The Morgan fingerprint density at radius 2 is 2.14 bits per heavy atom. The Morgan fingerprint density at radius 1 is 1.34 bits per heavy atom. The average molecular weight is 401 g/mol. The van der Waals surface area contributed by atoms with Crippen molar-refractivity contribution in [3.8, 4) is 5.88 Å². The third kappa shape index (κ3) is 4.50. The quantitative estimate of drug-likeness (QED) is 0.722. The van der Waals surface area contributed by atoms with Gasteiger partial charge < -0.3 is 24.6 Å². The third-order valence-electron chi connectivity index (χ3n) is 5.24. The van der Waals surface area contributed by atoms with Crippen molar-refractivity contribution in [2.45, 2.75) is 51.7 Å². The molecule has 0 spiro atoms. The summed E-state index contributed by atoms with van der Waals surface area (Å²) in [6.45, 7) is 7.18. The molecule has 0 radical (unpaired) electrons. The van der Waals surface area contributed by atoms with Gasteiger partial charge in [0.15, 0.2) is 5.82 Å². The molecular weight excluding hydrogens is 374 g/mol. The van der Waals surface area contributed by atoms with E-state index in [9.17, 15) is 9.90 Å². The van der Waals surface area contributed by atoms with Crippen LogP contribution in [0.15, 0.2) is 16.7 Å². The molecule has 29 heavy (non-hydrogen) atoms. The molecule has 1 aliphatic heterocycles. The van der Waals surface area contributed by atoms with Crippen LogP contribution in [0.1, 0.15) is 55.3 Å². The molecule has 0 aromatic carbocycles. The highest BCUT2D eigenvalue weighted by Crippen LogP contribution is 2.33. The van der Waals surface area contributed by atoms with Gasteiger partial charge in [0.2, 0.25) is 11.8 Å². The van der Waals surface area contributed by atoms with Crippen molar-refractivity contribution in [1.82, 2.24) is 20.4 Å². The lowest BCUT2D eigenvalue weighted by atomic mass is 10.0. The molecule has 4 rings (SSSR count). The third-order valence-corrected chi connectivity index (χ3v) is 5.24. The molecule has 9 nitrogen and oxygen atoms in total. The molecule has 1 saturated carbocycles. The van der Waals surface area contributed by atoms with Gasteiger partial charge in [0.1, 0.15) is 11.4 Å². The van der Waals surface area contributed by atoms with Crippen LogP contribution in [0.4, 0.5) is 5.69 Å². The number of aliphatic hydroxyl groups excluding tert-OH is 1. The maximum absolute atomic E-state index is 12.9. The smallest absolute Gasteiger partial charge is 0.270 e. The number of carbonyl (C=O) groups is 1. The minimum atomic E-state index is -0.816. The zero-order valence-corrected chi connectivity index (χ0v) is 17.0. The topological polar surface area (TPSA) is 114 Å². The van der Waals surface area contributed by atoms with Gasteiger partial charge in [-0.25, -0.2) is 4.98 Å². The maximum Gasteiger partial charge on any atom is 0.270 e. The zero-order chi connectivity index (χ0) is 20.6. The number of hydrogen-bond donors (Lipinski definition) is 2. The van der Waals surface area contributed by atoms with Gasteiger partial charge in [-0.05, 0) is 51.2 Å². The van der Waals surface area contributed by atoms with E-state index < -0.39 is 5.54 Å². The molecule has 0 bridgehead atoms. The van der Waals surface area contributed by atoms with E-state index in [-0.39, 0.29) is 17.7 Å². The van der Waals surface area contributed by atoms with Gasteiger partial charge in [0, 0.05) is 20.0 Å². The number of amides is 1. The minimum absolute atomic E-state index is 0.257. The Labute approximate surface area is 169 Å². The van der Waals surface area contributed by atoms with Crippen LogP contribution in [-0.4, -0.2) is 51.9 Å². The first-order valence-corrected chi connectivity index (χ1v) is 10.0. The normalized spacial score (nSPS) is 19.4. The second-order valence-corrected chi connectivity index (χ2v) is 8.38. The fraction of sp³-hybridized carbons (Fsp3) is 0.600. The number of ether oxygens (including phenoxy) is 1.